The van der Waals surface area contributed by atoms with Crippen LogP contribution in [0.3, 0.4) is 0 Å². The van der Waals surface area contributed by atoms with E-state index in [4.69, 9.17) is 9.47 Å². The fourth-order valence-electron chi connectivity index (χ4n) is 4.25. The quantitative estimate of drug-likeness (QED) is 0.494. The van der Waals surface area contributed by atoms with Gasteiger partial charge in [-0.25, -0.2) is 0 Å². The van der Waals surface area contributed by atoms with Crippen LogP contribution in [0.4, 0.5) is 0 Å². The number of likely N-dealkylation sites (tertiary alicyclic amines) is 1. The molecule has 2 atom stereocenters. The van der Waals surface area contributed by atoms with Gasteiger partial charge in [-0.3, -0.25) is 14.6 Å². The fraction of sp³-hybridized carbons (Fsp3) is 0.560. The molecule has 7 heteroatoms. The van der Waals surface area contributed by atoms with Crippen molar-refractivity contribution in [1.29, 1.82) is 0 Å². The number of carbonyl (C=O) groups is 1. The summed E-state index contributed by atoms with van der Waals surface area (Å²) in [7, 11) is 1.66. The number of methoxy groups -OCH3 is 1. The van der Waals surface area contributed by atoms with E-state index in [0.717, 1.165) is 47.2 Å². The Morgan fingerprint density at radius 1 is 1.25 bits per heavy atom. The third-order valence-electron chi connectivity index (χ3n) is 6.28. The molecular weight excluding hydrogens is 422 g/mol. The summed E-state index contributed by atoms with van der Waals surface area (Å²) in [5.41, 5.74) is 1.01. The highest BCUT2D eigenvalue weighted by Crippen LogP contribution is 2.36. The minimum Gasteiger partial charge on any atom is -0.493 e. The monoisotopic (exact) mass is 459 g/mol. The van der Waals surface area contributed by atoms with E-state index in [1.165, 1.54) is 24.2 Å². The molecule has 1 aromatic carbocycles. The third-order valence-corrected chi connectivity index (χ3v) is 7.41. The first kappa shape index (κ1) is 24.6. The number of hydrogen-bond donors (Lipinski definition) is 1. The topological polar surface area (TPSA) is 54.0 Å². The van der Waals surface area contributed by atoms with Gasteiger partial charge in [-0.15, -0.1) is 11.3 Å². The van der Waals surface area contributed by atoms with Crippen molar-refractivity contribution in [1.82, 2.24) is 15.1 Å². The Hall–Kier alpha value is -2.09. The summed E-state index contributed by atoms with van der Waals surface area (Å²) in [6.45, 7) is 13.1. The van der Waals surface area contributed by atoms with Crippen LogP contribution in [0, 0.1) is 0 Å². The van der Waals surface area contributed by atoms with Crippen LogP contribution in [0.2, 0.25) is 0 Å². The predicted molar refractivity (Wildman–Crippen MR) is 132 cm³/mol. The zero-order chi connectivity index (χ0) is 23.1. The number of nitrogens with zero attached hydrogens (tertiary/aromatic N) is 2. The van der Waals surface area contributed by atoms with Crippen LogP contribution in [0.5, 0.6) is 11.5 Å². The van der Waals surface area contributed by atoms with Crippen molar-refractivity contribution >= 4 is 17.2 Å². The molecule has 6 nitrogen and oxygen atoms in total. The molecule has 1 aliphatic heterocycles. The summed E-state index contributed by atoms with van der Waals surface area (Å²) in [6, 6.07) is 10.5. The van der Waals surface area contributed by atoms with Crippen LogP contribution in [0.1, 0.15) is 50.2 Å². The van der Waals surface area contributed by atoms with Crippen molar-refractivity contribution in [2.45, 2.75) is 52.8 Å². The van der Waals surface area contributed by atoms with Gasteiger partial charge in [0.05, 0.1) is 12.0 Å². The first-order chi connectivity index (χ1) is 15.5. The molecule has 2 unspecified atom stereocenters. The average molecular weight is 460 g/mol. The SMILES string of the molecule is CCN(CC)C(C)Oc1ccc(-c2ccc(C(=O)NCCN3CCCC3C)s2)cc1OC. The van der Waals surface area contributed by atoms with Gasteiger partial charge in [0, 0.05) is 24.0 Å². The molecule has 1 aliphatic rings. The second-order valence-corrected chi connectivity index (χ2v) is 9.33. The van der Waals surface area contributed by atoms with E-state index in [1.54, 1.807) is 7.11 Å². The molecule has 0 aliphatic carbocycles. The van der Waals surface area contributed by atoms with Gasteiger partial charge in [0.15, 0.2) is 11.5 Å². The minimum atomic E-state index is -0.0367. The summed E-state index contributed by atoms with van der Waals surface area (Å²) in [4.78, 5) is 19.0. The maximum absolute atomic E-state index is 12.6. The Labute approximate surface area is 196 Å². The van der Waals surface area contributed by atoms with Gasteiger partial charge >= 0.3 is 0 Å². The van der Waals surface area contributed by atoms with Gasteiger partial charge in [-0.05, 0) is 82.2 Å². The Morgan fingerprint density at radius 2 is 2.03 bits per heavy atom. The molecule has 176 valence electrons. The Morgan fingerprint density at radius 3 is 2.69 bits per heavy atom. The van der Waals surface area contributed by atoms with Crippen LogP contribution >= 0.6 is 11.3 Å². The molecule has 1 amide bonds. The number of carbonyl (C=O) groups excluding carboxylic acids is 1. The second kappa shape index (κ2) is 11.7. The number of benzene rings is 1. The van der Waals surface area contributed by atoms with Gasteiger partial charge < -0.3 is 14.8 Å². The van der Waals surface area contributed by atoms with Crippen molar-refractivity contribution in [3.63, 3.8) is 0 Å². The van der Waals surface area contributed by atoms with Crippen molar-refractivity contribution in [2.75, 3.05) is 39.8 Å². The Bertz CT molecular complexity index is 881. The lowest BCUT2D eigenvalue weighted by molar-refractivity contribution is 0.0458. The van der Waals surface area contributed by atoms with Crippen LogP contribution in [0.15, 0.2) is 30.3 Å². The standard InChI is InChI=1S/C25H37N3O3S/c1-6-27(7-2)19(4)31-21-11-10-20(17-22(21)30-5)23-12-13-24(32-23)25(29)26-14-16-28-15-8-9-18(28)3/h10-13,17-19H,6-9,14-16H2,1-5H3,(H,26,29). The summed E-state index contributed by atoms with van der Waals surface area (Å²) in [6.07, 6.45) is 2.47. The van der Waals surface area contributed by atoms with Gasteiger partial charge in [-0.1, -0.05) is 13.8 Å². The van der Waals surface area contributed by atoms with Crippen LogP contribution in [-0.2, 0) is 0 Å². The number of rotatable bonds is 11. The van der Waals surface area contributed by atoms with Crippen LogP contribution < -0.4 is 14.8 Å². The smallest absolute Gasteiger partial charge is 0.261 e. The van der Waals surface area contributed by atoms with E-state index >= 15 is 0 Å². The van der Waals surface area contributed by atoms with E-state index in [1.807, 2.05) is 30.3 Å². The van der Waals surface area contributed by atoms with E-state index in [2.05, 4.69) is 42.8 Å². The molecule has 2 aromatic rings. The van der Waals surface area contributed by atoms with Gasteiger partial charge in [0.1, 0.15) is 6.23 Å². The molecule has 1 saturated heterocycles. The van der Waals surface area contributed by atoms with E-state index in [0.29, 0.717) is 18.3 Å². The maximum atomic E-state index is 12.6. The van der Waals surface area contributed by atoms with Gasteiger partial charge in [0.2, 0.25) is 0 Å². The van der Waals surface area contributed by atoms with Crippen molar-refractivity contribution < 1.29 is 14.3 Å². The normalized spacial score (nSPS) is 17.5. The molecule has 32 heavy (non-hydrogen) atoms. The molecule has 0 radical (unpaired) electrons. The molecule has 0 saturated carbocycles. The third kappa shape index (κ3) is 6.03. The molecule has 2 heterocycles. The largest absolute Gasteiger partial charge is 0.493 e. The molecule has 1 N–H and O–H groups in total. The van der Waals surface area contributed by atoms with E-state index in [-0.39, 0.29) is 12.1 Å². The Balaban J connectivity index is 1.62. The Kier molecular flexibility index (Phi) is 8.96. The van der Waals surface area contributed by atoms with Crippen LogP contribution in [0.25, 0.3) is 10.4 Å². The lowest BCUT2D eigenvalue weighted by Gasteiger charge is -2.27. The summed E-state index contributed by atoms with van der Waals surface area (Å²) >= 11 is 1.50. The zero-order valence-corrected chi connectivity index (χ0v) is 20.8. The van der Waals surface area contributed by atoms with Gasteiger partial charge in [-0.2, -0.15) is 0 Å². The average Bonchev–Trinajstić information content (AvgIpc) is 3.44. The van der Waals surface area contributed by atoms with Gasteiger partial charge in [0.25, 0.3) is 5.91 Å². The van der Waals surface area contributed by atoms with Crippen LogP contribution in [-0.4, -0.2) is 67.8 Å². The minimum absolute atomic E-state index is 0.00642. The summed E-state index contributed by atoms with van der Waals surface area (Å²) < 4.78 is 11.7. The number of nitrogens with one attached hydrogen (secondary N) is 1. The van der Waals surface area contributed by atoms with E-state index in [9.17, 15) is 4.79 Å². The highest BCUT2D eigenvalue weighted by molar-refractivity contribution is 7.17. The zero-order valence-electron chi connectivity index (χ0n) is 20.0. The van der Waals surface area contributed by atoms with Crippen molar-refractivity contribution in [3.05, 3.63) is 35.2 Å². The molecule has 0 spiro atoms. The van der Waals surface area contributed by atoms with Crippen molar-refractivity contribution in [2.24, 2.45) is 0 Å². The molecule has 3 rings (SSSR count). The highest BCUT2D eigenvalue weighted by Gasteiger charge is 2.20. The molecule has 0 bridgehead atoms. The highest BCUT2D eigenvalue weighted by atomic mass is 32.1. The molecule has 1 fully saturated rings. The first-order valence-electron chi connectivity index (χ1n) is 11.7. The summed E-state index contributed by atoms with van der Waals surface area (Å²) in [5, 5.41) is 3.07. The predicted octanol–water partition coefficient (Wildman–Crippen LogP) is 4.70. The maximum Gasteiger partial charge on any atom is 0.261 e. The number of amides is 1. The lowest BCUT2D eigenvalue weighted by atomic mass is 10.1. The first-order valence-corrected chi connectivity index (χ1v) is 12.5. The number of thiophene rings is 1. The molecular formula is C25H37N3O3S. The number of ether oxygens (including phenoxy) is 2. The lowest BCUT2D eigenvalue weighted by Crippen LogP contribution is -2.36. The van der Waals surface area contributed by atoms with E-state index < -0.39 is 0 Å². The molecule has 1 aromatic heterocycles. The number of hydrogen-bond acceptors (Lipinski definition) is 6. The second-order valence-electron chi connectivity index (χ2n) is 8.25. The fourth-order valence-corrected chi connectivity index (χ4v) is 5.17. The summed E-state index contributed by atoms with van der Waals surface area (Å²) in [5.74, 6) is 1.41. The van der Waals surface area contributed by atoms with Crippen molar-refractivity contribution in [3.8, 4) is 21.9 Å².